The molecule has 0 atom stereocenters. The smallest absolute Gasteiger partial charge is 0.222 e. The lowest BCUT2D eigenvalue weighted by Gasteiger charge is -2.33. The maximum atomic E-state index is 12.2. The number of likely N-dealkylation sites (tertiary alicyclic amines) is 1. The highest BCUT2D eigenvalue weighted by Gasteiger charge is 2.26. The van der Waals surface area contributed by atoms with Crippen LogP contribution in [0.5, 0.6) is 0 Å². The van der Waals surface area contributed by atoms with E-state index >= 15 is 0 Å². The molecule has 2 fully saturated rings. The molecule has 1 heterocycles. The van der Waals surface area contributed by atoms with E-state index in [9.17, 15) is 4.79 Å². The largest absolute Gasteiger partial charge is 0.343 e. The van der Waals surface area contributed by atoms with Gasteiger partial charge in [0, 0.05) is 25.6 Å². The first kappa shape index (κ1) is 14.8. The number of carbonyl (C=O) groups excluding carboxylic acids is 1. The summed E-state index contributed by atoms with van der Waals surface area (Å²) in [6.45, 7) is 7.50. The molecule has 0 radical (unpaired) electrons. The predicted octanol–water partition coefficient (Wildman–Crippen LogP) is 2.80. The second kappa shape index (κ2) is 7.28. The van der Waals surface area contributed by atoms with Crippen molar-refractivity contribution in [2.75, 3.05) is 19.6 Å². The van der Waals surface area contributed by atoms with Gasteiger partial charge < -0.3 is 10.2 Å². The van der Waals surface area contributed by atoms with Crippen LogP contribution in [0.1, 0.15) is 58.8 Å². The van der Waals surface area contributed by atoms with Crippen molar-refractivity contribution in [1.29, 1.82) is 0 Å². The van der Waals surface area contributed by atoms with Gasteiger partial charge in [0.15, 0.2) is 0 Å². The SMILES string of the molecule is CCC(CC)CC(=O)N1CCC(NCC2CC2)CC1. The maximum absolute atomic E-state index is 12.2. The number of hydrogen-bond donors (Lipinski definition) is 1. The van der Waals surface area contributed by atoms with Gasteiger partial charge in [0.1, 0.15) is 0 Å². The number of rotatable bonds is 7. The average molecular weight is 266 g/mol. The monoisotopic (exact) mass is 266 g/mol. The topological polar surface area (TPSA) is 32.3 Å². The number of amides is 1. The summed E-state index contributed by atoms with van der Waals surface area (Å²) in [6, 6.07) is 0.651. The van der Waals surface area contributed by atoms with Crippen molar-refractivity contribution in [3.8, 4) is 0 Å². The lowest BCUT2D eigenvalue weighted by molar-refractivity contribution is -0.133. The van der Waals surface area contributed by atoms with Gasteiger partial charge in [0.25, 0.3) is 0 Å². The quantitative estimate of drug-likeness (QED) is 0.768. The Hall–Kier alpha value is -0.570. The van der Waals surface area contributed by atoms with Gasteiger partial charge >= 0.3 is 0 Å². The van der Waals surface area contributed by atoms with Gasteiger partial charge in [-0.25, -0.2) is 0 Å². The summed E-state index contributed by atoms with van der Waals surface area (Å²) >= 11 is 0. The first-order valence-electron chi connectivity index (χ1n) is 8.24. The second-order valence-electron chi connectivity index (χ2n) is 6.39. The Morgan fingerprint density at radius 1 is 1.16 bits per heavy atom. The average Bonchev–Trinajstić information content (AvgIpc) is 3.27. The van der Waals surface area contributed by atoms with Crippen LogP contribution in [0.15, 0.2) is 0 Å². The molecule has 0 spiro atoms. The van der Waals surface area contributed by atoms with Crippen molar-refractivity contribution in [1.82, 2.24) is 10.2 Å². The Balaban J connectivity index is 1.65. The molecule has 0 aromatic carbocycles. The first-order valence-corrected chi connectivity index (χ1v) is 8.24. The molecular formula is C16H30N2O. The number of piperidine rings is 1. The molecule has 1 N–H and O–H groups in total. The van der Waals surface area contributed by atoms with Crippen molar-refractivity contribution >= 4 is 5.91 Å². The first-order chi connectivity index (χ1) is 9.22. The molecule has 110 valence electrons. The molecule has 1 saturated carbocycles. The van der Waals surface area contributed by atoms with Gasteiger partial charge in [0.2, 0.25) is 5.91 Å². The summed E-state index contributed by atoms with van der Waals surface area (Å²) < 4.78 is 0. The van der Waals surface area contributed by atoms with Gasteiger partial charge in [-0.15, -0.1) is 0 Å². The van der Waals surface area contributed by atoms with E-state index in [-0.39, 0.29) is 0 Å². The third-order valence-corrected chi connectivity index (χ3v) is 4.86. The molecule has 19 heavy (non-hydrogen) atoms. The van der Waals surface area contributed by atoms with E-state index < -0.39 is 0 Å². The molecule has 0 bridgehead atoms. The number of hydrogen-bond acceptors (Lipinski definition) is 2. The van der Waals surface area contributed by atoms with Crippen LogP contribution in [0.3, 0.4) is 0 Å². The normalized spacial score (nSPS) is 21.1. The van der Waals surface area contributed by atoms with Crippen molar-refractivity contribution in [2.24, 2.45) is 11.8 Å². The Kier molecular flexibility index (Phi) is 5.68. The van der Waals surface area contributed by atoms with Gasteiger partial charge in [-0.2, -0.15) is 0 Å². The zero-order chi connectivity index (χ0) is 13.7. The van der Waals surface area contributed by atoms with E-state index in [4.69, 9.17) is 0 Å². The molecule has 2 aliphatic rings. The third kappa shape index (κ3) is 4.79. The zero-order valence-electron chi connectivity index (χ0n) is 12.7. The summed E-state index contributed by atoms with van der Waals surface area (Å²) in [6.07, 6.45) is 8.12. The molecule has 0 aromatic rings. The van der Waals surface area contributed by atoms with Crippen LogP contribution in [-0.4, -0.2) is 36.5 Å². The summed E-state index contributed by atoms with van der Waals surface area (Å²) in [7, 11) is 0. The molecule has 2 rings (SSSR count). The summed E-state index contributed by atoms with van der Waals surface area (Å²) in [4.78, 5) is 14.3. The molecule has 0 unspecified atom stereocenters. The molecule has 3 nitrogen and oxygen atoms in total. The van der Waals surface area contributed by atoms with E-state index in [1.54, 1.807) is 0 Å². The Morgan fingerprint density at radius 2 is 1.79 bits per heavy atom. The highest BCUT2D eigenvalue weighted by atomic mass is 16.2. The van der Waals surface area contributed by atoms with Crippen LogP contribution in [0.4, 0.5) is 0 Å². The minimum atomic E-state index is 0.384. The van der Waals surface area contributed by atoms with Gasteiger partial charge in [-0.1, -0.05) is 26.7 Å². The van der Waals surface area contributed by atoms with Crippen molar-refractivity contribution in [3.63, 3.8) is 0 Å². The van der Waals surface area contributed by atoms with E-state index in [1.807, 2.05) is 0 Å². The fourth-order valence-corrected chi connectivity index (χ4v) is 2.94. The van der Waals surface area contributed by atoms with Gasteiger partial charge in [-0.05, 0) is 44.1 Å². The van der Waals surface area contributed by atoms with Crippen LogP contribution in [-0.2, 0) is 4.79 Å². The standard InChI is InChI=1S/C16H30N2O/c1-3-13(4-2)11-16(19)18-9-7-15(8-10-18)17-12-14-5-6-14/h13-15,17H,3-12H2,1-2H3. The van der Waals surface area contributed by atoms with Gasteiger partial charge in [0.05, 0.1) is 0 Å². The van der Waals surface area contributed by atoms with Crippen LogP contribution >= 0.6 is 0 Å². The van der Waals surface area contributed by atoms with Crippen LogP contribution < -0.4 is 5.32 Å². The predicted molar refractivity (Wildman–Crippen MR) is 79.0 cm³/mol. The van der Waals surface area contributed by atoms with E-state index in [2.05, 4.69) is 24.1 Å². The Morgan fingerprint density at radius 3 is 2.32 bits per heavy atom. The summed E-state index contributed by atoms with van der Waals surface area (Å²) in [5.41, 5.74) is 0. The number of nitrogens with one attached hydrogen (secondary N) is 1. The van der Waals surface area contributed by atoms with E-state index in [1.165, 1.54) is 19.4 Å². The van der Waals surface area contributed by atoms with Crippen molar-refractivity contribution in [3.05, 3.63) is 0 Å². The Bertz CT molecular complexity index is 276. The van der Waals surface area contributed by atoms with Crippen molar-refractivity contribution < 1.29 is 4.79 Å². The second-order valence-corrected chi connectivity index (χ2v) is 6.39. The molecule has 1 aliphatic carbocycles. The van der Waals surface area contributed by atoms with E-state index in [0.717, 1.165) is 51.1 Å². The van der Waals surface area contributed by atoms with E-state index in [0.29, 0.717) is 17.9 Å². The minimum Gasteiger partial charge on any atom is -0.343 e. The molecule has 1 aliphatic heterocycles. The number of nitrogens with zero attached hydrogens (tertiary/aromatic N) is 1. The summed E-state index contributed by atoms with van der Waals surface area (Å²) in [5.74, 6) is 1.92. The molecule has 1 saturated heterocycles. The molecule has 0 aromatic heterocycles. The number of carbonyl (C=O) groups is 1. The molecule has 3 heteroatoms. The van der Waals surface area contributed by atoms with Crippen LogP contribution in [0, 0.1) is 11.8 Å². The summed E-state index contributed by atoms with van der Waals surface area (Å²) in [5, 5.41) is 3.67. The highest BCUT2D eigenvalue weighted by Crippen LogP contribution is 2.28. The van der Waals surface area contributed by atoms with Crippen LogP contribution in [0.25, 0.3) is 0 Å². The lowest BCUT2D eigenvalue weighted by Crippen LogP contribution is -2.45. The lowest BCUT2D eigenvalue weighted by atomic mass is 9.97. The van der Waals surface area contributed by atoms with Crippen LogP contribution in [0.2, 0.25) is 0 Å². The molecular weight excluding hydrogens is 236 g/mol. The van der Waals surface area contributed by atoms with Gasteiger partial charge in [-0.3, -0.25) is 4.79 Å². The highest BCUT2D eigenvalue weighted by molar-refractivity contribution is 5.76. The zero-order valence-corrected chi connectivity index (χ0v) is 12.7. The minimum absolute atomic E-state index is 0.384. The maximum Gasteiger partial charge on any atom is 0.222 e. The fraction of sp³-hybridized carbons (Fsp3) is 0.938. The fourth-order valence-electron chi connectivity index (χ4n) is 2.94. The molecule has 1 amide bonds. The Labute approximate surface area is 118 Å². The third-order valence-electron chi connectivity index (χ3n) is 4.86. The van der Waals surface area contributed by atoms with Crippen molar-refractivity contribution in [2.45, 2.75) is 64.8 Å².